The second-order valence-electron chi connectivity index (χ2n) is 4.83. The van der Waals surface area contributed by atoms with Crippen LogP contribution < -0.4 is 0 Å². The maximum Gasteiger partial charge on any atom is 0.150 e. The zero-order valence-corrected chi connectivity index (χ0v) is 11.8. The summed E-state index contributed by atoms with van der Waals surface area (Å²) in [5, 5.41) is 3.00. The lowest BCUT2D eigenvalue weighted by molar-refractivity contribution is 0.112. The van der Waals surface area contributed by atoms with Crippen LogP contribution in [0.2, 0.25) is 5.02 Å². The highest BCUT2D eigenvalue weighted by molar-refractivity contribution is 6.34. The van der Waals surface area contributed by atoms with E-state index in [2.05, 4.69) is 31.2 Å². The lowest BCUT2D eigenvalue weighted by Crippen LogP contribution is -1.87. The van der Waals surface area contributed by atoms with Gasteiger partial charge in [-0.3, -0.25) is 4.79 Å². The molecule has 0 bridgehead atoms. The monoisotopic (exact) mass is 280 g/mol. The Bertz CT molecular complexity index is 806. The van der Waals surface area contributed by atoms with Crippen LogP contribution in [0.1, 0.15) is 15.9 Å². The maximum atomic E-state index is 10.8. The third-order valence-electron chi connectivity index (χ3n) is 3.56. The third-order valence-corrected chi connectivity index (χ3v) is 3.87. The van der Waals surface area contributed by atoms with Crippen molar-refractivity contribution in [3.63, 3.8) is 0 Å². The summed E-state index contributed by atoms with van der Waals surface area (Å²) in [4.78, 5) is 10.8. The molecular formula is C18H13ClO. The van der Waals surface area contributed by atoms with Crippen LogP contribution >= 0.6 is 11.6 Å². The van der Waals surface area contributed by atoms with Gasteiger partial charge < -0.3 is 0 Å². The Morgan fingerprint density at radius 1 is 0.900 bits per heavy atom. The lowest BCUT2D eigenvalue weighted by atomic mass is 9.95. The first-order valence-electron chi connectivity index (χ1n) is 6.44. The van der Waals surface area contributed by atoms with Crippen molar-refractivity contribution in [2.75, 3.05) is 0 Å². The van der Waals surface area contributed by atoms with Crippen molar-refractivity contribution < 1.29 is 4.79 Å². The molecule has 0 N–H and O–H groups in total. The van der Waals surface area contributed by atoms with E-state index in [-0.39, 0.29) is 0 Å². The molecule has 0 aromatic heterocycles. The summed E-state index contributed by atoms with van der Waals surface area (Å²) in [7, 11) is 0. The number of rotatable bonds is 2. The molecule has 98 valence electrons. The van der Waals surface area contributed by atoms with E-state index in [1.165, 1.54) is 16.3 Å². The van der Waals surface area contributed by atoms with Crippen molar-refractivity contribution >= 4 is 28.7 Å². The van der Waals surface area contributed by atoms with E-state index < -0.39 is 0 Å². The molecule has 2 heteroatoms. The van der Waals surface area contributed by atoms with E-state index in [0.717, 1.165) is 17.4 Å². The number of halogens is 1. The number of hydrogen-bond acceptors (Lipinski definition) is 1. The second kappa shape index (κ2) is 5.10. The fourth-order valence-electron chi connectivity index (χ4n) is 2.51. The Kier molecular flexibility index (Phi) is 3.29. The molecule has 0 atom stereocenters. The Morgan fingerprint density at radius 3 is 2.30 bits per heavy atom. The highest BCUT2D eigenvalue weighted by Crippen LogP contribution is 2.35. The van der Waals surface area contributed by atoms with Crippen LogP contribution in [0.25, 0.3) is 21.9 Å². The minimum absolute atomic E-state index is 0.593. The van der Waals surface area contributed by atoms with Crippen molar-refractivity contribution in [1.29, 1.82) is 0 Å². The van der Waals surface area contributed by atoms with Gasteiger partial charge in [0.1, 0.15) is 6.29 Å². The first-order valence-corrected chi connectivity index (χ1v) is 6.82. The molecule has 20 heavy (non-hydrogen) atoms. The van der Waals surface area contributed by atoms with E-state index in [4.69, 9.17) is 11.6 Å². The highest BCUT2D eigenvalue weighted by Gasteiger charge is 2.09. The molecule has 1 nitrogen and oxygen atoms in total. The molecular weight excluding hydrogens is 268 g/mol. The minimum atomic E-state index is 0.593. The van der Waals surface area contributed by atoms with Crippen molar-refractivity contribution in [1.82, 2.24) is 0 Å². The molecule has 0 unspecified atom stereocenters. The quantitative estimate of drug-likeness (QED) is 0.584. The van der Waals surface area contributed by atoms with Crippen LogP contribution in [0.4, 0.5) is 0 Å². The van der Waals surface area contributed by atoms with E-state index in [0.29, 0.717) is 10.6 Å². The van der Waals surface area contributed by atoms with Crippen LogP contribution in [-0.2, 0) is 0 Å². The molecule has 3 aromatic carbocycles. The van der Waals surface area contributed by atoms with Gasteiger partial charge in [0.15, 0.2) is 0 Å². The fraction of sp³-hybridized carbons (Fsp3) is 0.0556. The topological polar surface area (TPSA) is 17.1 Å². The molecule has 0 heterocycles. The number of benzene rings is 3. The first-order chi connectivity index (χ1) is 9.70. The average Bonchev–Trinajstić information content (AvgIpc) is 2.48. The SMILES string of the molecule is Cc1ccc(-c2ccc(C=O)cc2Cl)c2ccccc12. The predicted molar refractivity (Wildman–Crippen MR) is 84.5 cm³/mol. The van der Waals surface area contributed by atoms with Gasteiger partial charge in [0.25, 0.3) is 0 Å². The molecule has 0 saturated carbocycles. The zero-order chi connectivity index (χ0) is 14.1. The number of fused-ring (bicyclic) bond motifs is 1. The summed E-state index contributed by atoms with van der Waals surface area (Å²) in [5.74, 6) is 0. The van der Waals surface area contributed by atoms with Gasteiger partial charge in [0.05, 0.1) is 0 Å². The third kappa shape index (κ3) is 2.10. The summed E-state index contributed by atoms with van der Waals surface area (Å²) in [6.07, 6.45) is 0.808. The summed E-state index contributed by atoms with van der Waals surface area (Å²) < 4.78 is 0. The smallest absolute Gasteiger partial charge is 0.150 e. The molecule has 0 radical (unpaired) electrons. The molecule has 0 aliphatic carbocycles. The van der Waals surface area contributed by atoms with E-state index in [9.17, 15) is 4.79 Å². The van der Waals surface area contributed by atoms with Crippen LogP contribution in [0, 0.1) is 6.92 Å². The molecule has 0 saturated heterocycles. The number of aldehydes is 1. The Hall–Kier alpha value is -2.12. The van der Waals surface area contributed by atoms with Crippen LogP contribution in [0.3, 0.4) is 0 Å². The van der Waals surface area contributed by atoms with E-state index in [1.54, 1.807) is 12.1 Å². The van der Waals surface area contributed by atoms with Crippen LogP contribution in [0.5, 0.6) is 0 Å². The minimum Gasteiger partial charge on any atom is -0.298 e. The predicted octanol–water partition coefficient (Wildman–Crippen LogP) is 5.28. The second-order valence-corrected chi connectivity index (χ2v) is 5.24. The normalized spacial score (nSPS) is 10.7. The Morgan fingerprint density at radius 2 is 1.60 bits per heavy atom. The van der Waals surface area contributed by atoms with Gasteiger partial charge in [-0.1, -0.05) is 60.1 Å². The molecule has 0 aliphatic rings. The van der Waals surface area contributed by atoms with Crippen molar-refractivity contribution in [2.45, 2.75) is 6.92 Å². The molecule has 3 rings (SSSR count). The Balaban J connectivity index is 2.30. The van der Waals surface area contributed by atoms with Gasteiger partial charge in [-0.25, -0.2) is 0 Å². The van der Waals surface area contributed by atoms with Gasteiger partial charge in [-0.05, 0) is 34.9 Å². The summed E-state index contributed by atoms with van der Waals surface area (Å²) in [6.45, 7) is 2.10. The molecule has 3 aromatic rings. The Labute approximate surface area is 122 Å². The maximum absolute atomic E-state index is 10.8. The van der Waals surface area contributed by atoms with E-state index in [1.807, 2.05) is 18.2 Å². The standard InChI is InChI=1S/C18H13ClO/c1-12-6-8-16(15-5-3-2-4-14(12)15)17-9-7-13(11-20)10-18(17)19/h2-11H,1H3. The average molecular weight is 281 g/mol. The van der Waals surface area contributed by atoms with Gasteiger partial charge in [-0.2, -0.15) is 0 Å². The number of carbonyl (C=O) groups excluding carboxylic acids is 1. The van der Waals surface area contributed by atoms with E-state index >= 15 is 0 Å². The van der Waals surface area contributed by atoms with Crippen molar-refractivity contribution in [2.24, 2.45) is 0 Å². The highest BCUT2D eigenvalue weighted by atomic mass is 35.5. The summed E-state index contributed by atoms with van der Waals surface area (Å²) >= 11 is 6.32. The van der Waals surface area contributed by atoms with Gasteiger partial charge in [-0.15, -0.1) is 0 Å². The van der Waals surface area contributed by atoms with Gasteiger partial charge in [0, 0.05) is 16.1 Å². The molecule has 0 amide bonds. The number of hydrogen-bond donors (Lipinski definition) is 0. The van der Waals surface area contributed by atoms with Gasteiger partial charge in [0.2, 0.25) is 0 Å². The largest absolute Gasteiger partial charge is 0.298 e. The van der Waals surface area contributed by atoms with Crippen LogP contribution in [0.15, 0.2) is 54.6 Å². The molecule has 0 spiro atoms. The number of carbonyl (C=O) groups is 1. The molecule has 0 fully saturated rings. The zero-order valence-electron chi connectivity index (χ0n) is 11.1. The first kappa shape index (κ1) is 12.9. The van der Waals surface area contributed by atoms with Crippen molar-refractivity contribution in [3.05, 3.63) is 70.7 Å². The molecule has 0 aliphatic heterocycles. The van der Waals surface area contributed by atoms with Crippen molar-refractivity contribution in [3.8, 4) is 11.1 Å². The summed E-state index contributed by atoms with van der Waals surface area (Å²) in [6, 6.07) is 17.9. The number of aryl methyl sites for hydroxylation is 1. The lowest BCUT2D eigenvalue weighted by Gasteiger charge is -2.11. The van der Waals surface area contributed by atoms with Gasteiger partial charge >= 0.3 is 0 Å². The fourth-order valence-corrected chi connectivity index (χ4v) is 2.80. The summed E-state index contributed by atoms with van der Waals surface area (Å²) in [5.41, 5.74) is 3.88. The van der Waals surface area contributed by atoms with Crippen LogP contribution in [-0.4, -0.2) is 6.29 Å².